The Kier molecular flexibility index (Phi) is 6.34. The second-order valence-electron chi connectivity index (χ2n) is 6.98. The molecule has 0 saturated carbocycles. The highest BCUT2D eigenvalue weighted by Crippen LogP contribution is 2.32. The summed E-state index contributed by atoms with van der Waals surface area (Å²) < 4.78 is 1.76. The van der Waals surface area contributed by atoms with Crippen LogP contribution >= 0.6 is 23.4 Å². The van der Waals surface area contributed by atoms with Gasteiger partial charge in [-0.3, -0.25) is 19.3 Å². The average Bonchev–Trinajstić information content (AvgIpc) is 3.35. The minimum Gasteiger partial charge on any atom is -0.478 e. The van der Waals surface area contributed by atoms with Crippen LogP contribution in [0.2, 0.25) is 5.02 Å². The number of amides is 3. The summed E-state index contributed by atoms with van der Waals surface area (Å²) in [5.41, 5.74) is 1.97. The number of nitrogens with zero attached hydrogens (tertiary/aromatic N) is 2. The summed E-state index contributed by atoms with van der Waals surface area (Å²) in [4.78, 5) is 49.6. The number of hydrogen-bond acceptors (Lipinski definition) is 5. The Labute approximate surface area is 197 Å². The summed E-state index contributed by atoms with van der Waals surface area (Å²) >= 11 is 6.57. The largest absolute Gasteiger partial charge is 0.478 e. The van der Waals surface area contributed by atoms with Crippen LogP contribution in [0.25, 0.3) is 11.8 Å². The minimum atomic E-state index is -1.02. The SMILES string of the molecule is O=C(CN1C(=O)S/C(=C/c2cccn2-c2ccc(C(=O)O)cc2)C1=O)Nc1ccc(Cl)cc1. The van der Waals surface area contributed by atoms with Crippen LogP contribution in [0.3, 0.4) is 0 Å². The Balaban J connectivity index is 1.49. The fraction of sp³-hybridized carbons (Fsp3) is 0.0435. The molecule has 166 valence electrons. The first kappa shape index (κ1) is 22.4. The molecule has 3 amide bonds. The average molecular weight is 482 g/mol. The third-order valence-electron chi connectivity index (χ3n) is 4.75. The number of carboxylic acid groups (broad SMARTS) is 1. The van der Waals surface area contributed by atoms with E-state index in [2.05, 4.69) is 5.32 Å². The maximum atomic E-state index is 12.8. The first-order valence-electron chi connectivity index (χ1n) is 9.64. The smallest absolute Gasteiger partial charge is 0.335 e. The summed E-state index contributed by atoms with van der Waals surface area (Å²) in [6, 6.07) is 16.2. The molecule has 1 saturated heterocycles. The molecule has 8 nitrogen and oxygen atoms in total. The van der Waals surface area contributed by atoms with Gasteiger partial charge in [0.05, 0.1) is 10.5 Å². The number of anilines is 1. The molecule has 4 rings (SSSR count). The summed E-state index contributed by atoms with van der Waals surface area (Å²) in [5.74, 6) is -2.10. The van der Waals surface area contributed by atoms with Crippen molar-refractivity contribution in [3.63, 3.8) is 0 Å². The van der Waals surface area contributed by atoms with Gasteiger partial charge in [0.15, 0.2) is 0 Å². The van der Waals surface area contributed by atoms with E-state index < -0.39 is 29.6 Å². The number of aromatic nitrogens is 1. The number of benzene rings is 2. The highest BCUT2D eigenvalue weighted by atomic mass is 35.5. The number of aromatic carboxylic acids is 1. The molecule has 0 spiro atoms. The van der Waals surface area contributed by atoms with Gasteiger partial charge in [0.25, 0.3) is 11.1 Å². The van der Waals surface area contributed by atoms with Crippen molar-refractivity contribution in [2.24, 2.45) is 0 Å². The zero-order chi connectivity index (χ0) is 23.5. The predicted octanol–water partition coefficient (Wildman–Crippen LogP) is 4.50. The third-order valence-corrected chi connectivity index (χ3v) is 5.91. The van der Waals surface area contributed by atoms with E-state index in [4.69, 9.17) is 16.7 Å². The molecule has 1 aliphatic rings. The number of thioether (sulfide) groups is 1. The van der Waals surface area contributed by atoms with E-state index in [-0.39, 0.29) is 10.5 Å². The fourth-order valence-electron chi connectivity index (χ4n) is 3.16. The van der Waals surface area contributed by atoms with E-state index in [1.54, 1.807) is 65.4 Å². The van der Waals surface area contributed by atoms with E-state index in [9.17, 15) is 19.2 Å². The molecule has 1 fully saturated rings. The van der Waals surface area contributed by atoms with Gasteiger partial charge in [-0.2, -0.15) is 0 Å². The zero-order valence-corrected chi connectivity index (χ0v) is 18.5. The lowest BCUT2D eigenvalue weighted by Crippen LogP contribution is -2.36. The molecule has 0 atom stereocenters. The van der Waals surface area contributed by atoms with Gasteiger partial charge in [-0.05, 0) is 78.5 Å². The Morgan fingerprint density at radius 2 is 1.73 bits per heavy atom. The first-order valence-corrected chi connectivity index (χ1v) is 10.8. The van der Waals surface area contributed by atoms with Crippen molar-refractivity contribution in [2.75, 3.05) is 11.9 Å². The standard InChI is InChI=1S/C23H16ClN3O5S/c24-15-5-7-16(8-6-15)25-20(28)13-27-21(29)19(33-23(27)32)12-18-2-1-11-26(18)17-9-3-14(4-10-17)22(30)31/h1-12H,13H2,(H,25,28)(H,30,31)/b19-12+. The molecule has 2 N–H and O–H groups in total. The van der Waals surface area contributed by atoms with Crippen molar-refractivity contribution in [1.29, 1.82) is 0 Å². The molecule has 33 heavy (non-hydrogen) atoms. The van der Waals surface area contributed by atoms with E-state index in [1.165, 1.54) is 12.1 Å². The highest BCUT2D eigenvalue weighted by molar-refractivity contribution is 8.18. The molecule has 0 radical (unpaired) electrons. The maximum Gasteiger partial charge on any atom is 0.335 e. The molecule has 0 aliphatic carbocycles. The van der Waals surface area contributed by atoms with Crippen LogP contribution in [0.15, 0.2) is 71.8 Å². The topological polar surface area (TPSA) is 109 Å². The van der Waals surface area contributed by atoms with Crippen molar-refractivity contribution in [3.8, 4) is 5.69 Å². The van der Waals surface area contributed by atoms with Gasteiger partial charge in [0, 0.05) is 28.3 Å². The monoisotopic (exact) mass is 481 g/mol. The second kappa shape index (κ2) is 9.35. The van der Waals surface area contributed by atoms with Crippen molar-refractivity contribution >= 4 is 58.1 Å². The first-order chi connectivity index (χ1) is 15.8. The molecule has 2 heterocycles. The number of rotatable bonds is 6. The van der Waals surface area contributed by atoms with Crippen LogP contribution in [0.1, 0.15) is 16.1 Å². The van der Waals surface area contributed by atoms with Crippen LogP contribution in [-0.4, -0.2) is 44.1 Å². The van der Waals surface area contributed by atoms with Crippen molar-refractivity contribution < 1.29 is 24.3 Å². The molecule has 3 aromatic rings. The number of hydrogen-bond donors (Lipinski definition) is 2. The van der Waals surface area contributed by atoms with Crippen LogP contribution in [0.4, 0.5) is 10.5 Å². The number of carbonyl (C=O) groups excluding carboxylic acids is 3. The van der Waals surface area contributed by atoms with Crippen LogP contribution in [-0.2, 0) is 9.59 Å². The van der Waals surface area contributed by atoms with Crippen LogP contribution in [0, 0.1) is 0 Å². The van der Waals surface area contributed by atoms with E-state index >= 15 is 0 Å². The van der Waals surface area contributed by atoms with E-state index in [0.29, 0.717) is 22.1 Å². The maximum absolute atomic E-state index is 12.8. The van der Waals surface area contributed by atoms with E-state index in [1.807, 2.05) is 0 Å². The van der Waals surface area contributed by atoms with Gasteiger partial charge in [-0.1, -0.05) is 11.6 Å². The van der Waals surface area contributed by atoms with Gasteiger partial charge >= 0.3 is 5.97 Å². The summed E-state index contributed by atoms with van der Waals surface area (Å²) in [5, 5.41) is 11.7. The molecule has 0 unspecified atom stereocenters. The molecular weight excluding hydrogens is 466 g/mol. The van der Waals surface area contributed by atoms with Crippen molar-refractivity contribution in [2.45, 2.75) is 0 Å². The Bertz CT molecular complexity index is 1280. The fourth-order valence-corrected chi connectivity index (χ4v) is 4.11. The highest BCUT2D eigenvalue weighted by Gasteiger charge is 2.36. The lowest BCUT2D eigenvalue weighted by atomic mass is 10.2. The molecular formula is C23H16ClN3O5S. The lowest BCUT2D eigenvalue weighted by Gasteiger charge is -2.12. The Morgan fingerprint density at radius 1 is 1.03 bits per heavy atom. The summed E-state index contributed by atoms with van der Waals surface area (Å²) in [7, 11) is 0. The lowest BCUT2D eigenvalue weighted by molar-refractivity contribution is -0.127. The van der Waals surface area contributed by atoms with E-state index in [0.717, 1.165) is 16.7 Å². The van der Waals surface area contributed by atoms with Gasteiger partial charge in [-0.15, -0.1) is 0 Å². The predicted molar refractivity (Wildman–Crippen MR) is 125 cm³/mol. The van der Waals surface area contributed by atoms with Crippen molar-refractivity contribution in [3.05, 3.63) is 88.0 Å². The molecule has 0 bridgehead atoms. The number of nitrogens with one attached hydrogen (secondary N) is 1. The Hall–Kier alpha value is -3.82. The van der Waals surface area contributed by atoms with Crippen LogP contribution < -0.4 is 5.32 Å². The molecule has 10 heteroatoms. The van der Waals surface area contributed by atoms with Gasteiger partial charge < -0.3 is 15.0 Å². The summed E-state index contributed by atoms with van der Waals surface area (Å²) in [6.45, 7) is -0.414. The second-order valence-corrected chi connectivity index (χ2v) is 8.41. The number of halogens is 1. The molecule has 2 aromatic carbocycles. The number of carbonyl (C=O) groups is 4. The summed E-state index contributed by atoms with van der Waals surface area (Å²) in [6.07, 6.45) is 3.32. The van der Waals surface area contributed by atoms with Gasteiger partial charge in [0.1, 0.15) is 6.54 Å². The van der Waals surface area contributed by atoms with Crippen molar-refractivity contribution in [1.82, 2.24) is 9.47 Å². The zero-order valence-electron chi connectivity index (χ0n) is 16.9. The van der Waals surface area contributed by atoms with Gasteiger partial charge in [0.2, 0.25) is 5.91 Å². The molecule has 1 aromatic heterocycles. The Morgan fingerprint density at radius 3 is 2.39 bits per heavy atom. The quantitative estimate of drug-likeness (QED) is 0.502. The minimum absolute atomic E-state index is 0.158. The van der Waals surface area contributed by atoms with Crippen LogP contribution in [0.5, 0.6) is 0 Å². The number of carboxylic acids is 1. The third kappa shape index (κ3) is 5.00. The number of imide groups is 1. The normalized spacial score (nSPS) is 14.7. The van der Waals surface area contributed by atoms with Gasteiger partial charge in [-0.25, -0.2) is 4.79 Å². The molecule has 1 aliphatic heterocycles.